The van der Waals surface area contributed by atoms with Gasteiger partial charge in [0.25, 0.3) is 0 Å². The van der Waals surface area contributed by atoms with Gasteiger partial charge in [-0.1, -0.05) is 96.7 Å². The fourth-order valence-electron chi connectivity index (χ4n) is 7.61. The lowest BCUT2D eigenvalue weighted by molar-refractivity contribution is -0.200. The van der Waals surface area contributed by atoms with Crippen molar-refractivity contribution < 1.29 is 47.2 Å². The van der Waals surface area contributed by atoms with Gasteiger partial charge < -0.3 is 34.1 Å². The van der Waals surface area contributed by atoms with Crippen LogP contribution in [0.2, 0.25) is 0 Å². The zero-order chi connectivity index (χ0) is 45.5. The van der Waals surface area contributed by atoms with E-state index in [9.17, 15) is 19.3 Å². The number of carbonyl (C=O) groups excluding carboxylic acids is 1. The first-order valence-corrected chi connectivity index (χ1v) is 23.4. The van der Waals surface area contributed by atoms with E-state index < -0.39 is 54.7 Å². The third kappa shape index (κ3) is 10.6. The molecule has 0 aliphatic carbocycles. The average molecular weight is 915 g/mol. The van der Waals surface area contributed by atoms with Crippen LogP contribution in [-0.4, -0.2) is 83.7 Å². The number of anilines is 1. The molecule has 5 atom stereocenters. The third-order valence-electron chi connectivity index (χ3n) is 11.1. The van der Waals surface area contributed by atoms with Gasteiger partial charge in [-0.15, -0.1) is 0 Å². The van der Waals surface area contributed by atoms with Gasteiger partial charge in [-0.05, 0) is 80.3 Å². The summed E-state index contributed by atoms with van der Waals surface area (Å²) in [5, 5.41) is 15.9. The van der Waals surface area contributed by atoms with Gasteiger partial charge in [0.2, 0.25) is 0 Å². The molecule has 2 unspecified atom stereocenters. The standard InChI is InChI=1S/C47H55N4O11PS/c1-45(2,31-52)43(53)64-28-27-58-63(55,48-29-32-13-9-7-10-14-32)59-30-38-40-41(62-46(3,4)61-40)42(60-38)51-26-25-39(49-44(51)54)50-47(33-15-11-8-12-16-33,34-17-21-36(56-5)22-18-34)35-19-23-37(57-6)24-20-35/h7-26,38,40-42,52H,27-31H2,1-6H3,(H,48,55)(H,49,50,54)/t38-,40?,41+,42-,63?/m1/s1. The SMILES string of the molecule is COc1ccc(C(Nc2ccn([C@@H]3O[C@H](COP(=O)(NCc4ccccc4)OCCSC(=O)C(C)(C)CO)C4OC(C)(C)O[C@@H]43)c(=O)n2)(c2ccccc2)c2ccc(OC)cc2)cc1. The second-order valence-corrected chi connectivity index (χ2v) is 19.4. The molecule has 0 amide bonds. The topological polar surface area (TPSA) is 178 Å². The Morgan fingerprint density at radius 3 is 2.00 bits per heavy atom. The van der Waals surface area contributed by atoms with Crippen LogP contribution in [0, 0.1) is 5.41 Å². The quantitative estimate of drug-likeness (QED) is 0.0403. The highest BCUT2D eigenvalue weighted by atomic mass is 32.2. The Morgan fingerprint density at radius 2 is 1.42 bits per heavy atom. The van der Waals surface area contributed by atoms with Gasteiger partial charge in [-0.3, -0.25) is 18.4 Å². The van der Waals surface area contributed by atoms with Gasteiger partial charge in [0.15, 0.2) is 17.1 Å². The number of carbonyl (C=O) groups is 1. The number of thioether (sulfide) groups is 1. The van der Waals surface area contributed by atoms with Crippen LogP contribution in [0.4, 0.5) is 5.82 Å². The number of aromatic nitrogens is 2. The summed E-state index contributed by atoms with van der Waals surface area (Å²) in [5.74, 6) is 0.793. The van der Waals surface area contributed by atoms with Crippen LogP contribution >= 0.6 is 19.5 Å². The molecule has 2 aliphatic heterocycles. The molecule has 64 heavy (non-hydrogen) atoms. The van der Waals surface area contributed by atoms with Gasteiger partial charge in [0.1, 0.15) is 41.2 Å². The normalized spacial score (nSPS) is 20.3. The lowest BCUT2D eigenvalue weighted by atomic mass is 9.77. The fraction of sp³-hybridized carbons (Fsp3) is 0.383. The molecule has 2 fully saturated rings. The Hall–Kier alpha value is -4.87. The Labute approximate surface area is 377 Å². The smallest absolute Gasteiger partial charge is 0.405 e. The lowest BCUT2D eigenvalue weighted by Gasteiger charge is -2.37. The minimum atomic E-state index is -4.03. The van der Waals surface area contributed by atoms with Crippen LogP contribution in [0.25, 0.3) is 0 Å². The number of ether oxygens (including phenoxy) is 5. The van der Waals surface area contributed by atoms with Gasteiger partial charge >= 0.3 is 13.4 Å². The molecule has 3 N–H and O–H groups in total. The molecule has 3 heterocycles. The van der Waals surface area contributed by atoms with Crippen LogP contribution in [0.3, 0.4) is 0 Å². The van der Waals surface area contributed by atoms with Crippen LogP contribution in [0.5, 0.6) is 11.5 Å². The average Bonchev–Trinajstić information content (AvgIpc) is 3.81. The molecule has 0 saturated carbocycles. The van der Waals surface area contributed by atoms with Gasteiger partial charge in [0, 0.05) is 18.5 Å². The van der Waals surface area contributed by atoms with Crippen molar-refractivity contribution >= 4 is 30.4 Å². The molecule has 0 spiro atoms. The number of methoxy groups -OCH3 is 2. The lowest BCUT2D eigenvalue weighted by Crippen LogP contribution is -2.40. The van der Waals surface area contributed by atoms with Crippen molar-refractivity contribution in [3.63, 3.8) is 0 Å². The molecule has 7 rings (SSSR count). The molecule has 0 bridgehead atoms. The third-order valence-corrected chi connectivity index (χ3v) is 13.8. The molecular formula is C47H55N4O11PS. The number of aliphatic hydroxyl groups is 1. The van der Waals surface area contributed by atoms with E-state index in [1.807, 2.05) is 109 Å². The summed E-state index contributed by atoms with van der Waals surface area (Å²) in [6.45, 7) is 6.34. The number of hydrogen-bond donors (Lipinski definition) is 3. The van der Waals surface area contributed by atoms with Crippen molar-refractivity contribution in [1.82, 2.24) is 14.6 Å². The first-order chi connectivity index (χ1) is 30.7. The summed E-state index contributed by atoms with van der Waals surface area (Å²) < 4.78 is 57.6. The Morgan fingerprint density at radius 1 is 0.844 bits per heavy atom. The summed E-state index contributed by atoms with van der Waals surface area (Å²) in [4.78, 5) is 31.4. The summed E-state index contributed by atoms with van der Waals surface area (Å²) in [5.41, 5.74) is 0.852. The molecule has 5 aromatic rings. The van der Waals surface area contributed by atoms with Crippen molar-refractivity contribution in [2.45, 2.75) is 70.1 Å². The van der Waals surface area contributed by atoms with Crippen molar-refractivity contribution in [1.29, 1.82) is 0 Å². The van der Waals surface area contributed by atoms with Gasteiger partial charge in [0.05, 0.1) is 39.5 Å². The van der Waals surface area contributed by atoms with E-state index in [1.165, 1.54) is 4.57 Å². The van der Waals surface area contributed by atoms with Crippen LogP contribution < -0.4 is 25.6 Å². The molecule has 0 radical (unpaired) electrons. The Bertz CT molecular complexity index is 2390. The second-order valence-electron chi connectivity index (χ2n) is 16.5. The van der Waals surface area contributed by atoms with Crippen LogP contribution in [0.1, 0.15) is 56.2 Å². The van der Waals surface area contributed by atoms with Gasteiger partial charge in [-0.2, -0.15) is 4.98 Å². The zero-order valence-corrected chi connectivity index (χ0v) is 38.4. The number of rotatable bonds is 20. The van der Waals surface area contributed by atoms with E-state index in [4.69, 9.17) is 32.7 Å². The number of nitrogens with one attached hydrogen (secondary N) is 2. The van der Waals surface area contributed by atoms with Crippen LogP contribution in [0.15, 0.2) is 126 Å². The minimum Gasteiger partial charge on any atom is -0.497 e. The maximum atomic E-state index is 14.3. The summed E-state index contributed by atoms with van der Waals surface area (Å²) >= 11 is 0.979. The summed E-state index contributed by atoms with van der Waals surface area (Å²) in [6, 6.07) is 36.3. The number of hydrogen-bond acceptors (Lipinski definition) is 14. The van der Waals surface area contributed by atoms with E-state index in [1.54, 1.807) is 54.2 Å². The predicted molar refractivity (Wildman–Crippen MR) is 243 cm³/mol. The summed E-state index contributed by atoms with van der Waals surface area (Å²) in [6.07, 6.45) is -1.74. The van der Waals surface area contributed by atoms with Crippen molar-refractivity contribution in [2.24, 2.45) is 5.41 Å². The molecule has 4 aromatic carbocycles. The molecule has 340 valence electrons. The zero-order valence-electron chi connectivity index (χ0n) is 36.7. The predicted octanol–water partition coefficient (Wildman–Crippen LogP) is 7.29. The number of nitrogens with zero attached hydrogens (tertiary/aromatic N) is 2. The van der Waals surface area contributed by atoms with Crippen molar-refractivity contribution in [2.75, 3.05) is 45.1 Å². The largest absolute Gasteiger partial charge is 0.497 e. The monoisotopic (exact) mass is 914 g/mol. The molecule has 2 saturated heterocycles. The minimum absolute atomic E-state index is 0.0895. The second kappa shape index (κ2) is 20.1. The maximum Gasteiger partial charge on any atom is 0.405 e. The molecule has 17 heteroatoms. The summed E-state index contributed by atoms with van der Waals surface area (Å²) in [7, 11) is -0.803. The molecule has 2 aliphatic rings. The van der Waals surface area contributed by atoms with E-state index >= 15 is 0 Å². The molecular weight excluding hydrogens is 860 g/mol. The van der Waals surface area contributed by atoms with E-state index in [-0.39, 0.29) is 43.1 Å². The van der Waals surface area contributed by atoms with Crippen molar-refractivity contribution in [3.8, 4) is 11.5 Å². The number of benzene rings is 4. The number of fused-ring (bicyclic) bond motifs is 1. The van der Waals surface area contributed by atoms with E-state index in [0.29, 0.717) is 11.5 Å². The maximum absolute atomic E-state index is 14.3. The number of aliphatic hydroxyl groups excluding tert-OH is 1. The first kappa shape index (κ1) is 47.1. The van der Waals surface area contributed by atoms with Crippen molar-refractivity contribution in [3.05, 3.63) is 154 Å². The van der Waals surface area contributed by atoms with Gasteiger partial charge in [-0.25, -0.2) is 14.4 Å². The highest BCUT2D eigenvalue weighted by molar-refractivity contribution is 8.13. The molecule has 15 nitrogen and oxygen atoms in total. The Kier molecular flexibility index (Phi) is 14.8. The highest BCUT2D eigenvalue weighted by Crippen LogP contribution is 2.48. The first-order valence-electron chi connectivity index (χ1n) is 20.9. The van der Waals surface area contributed by atoms with Crippen LogP contribution in [-0.2, 0) is 44.7 Å². The van der Waals surface area contributed by atoms with E-state index in [0.717, 1.165) is 34.0 Å². The fourth-order valence-corrected chi connectivity index (χ4v) is 9.85. The highest BCUT2D eigenvalue weighted by Gasteiger charge is 2.56. The van der Waals surface area contributed by atoms with E-state index in [2.05, 4.69) is 15.4 Å². The Balaban J connectivity index is 1.15. The molecule has 1 aromatic heterocycles.